The van der Waals surface area contributed by atoms with Crippen LogP contribution in [0.3, 0.4) is 0 Å². The molecule has 7 heteroatoms. The minimum atomic E-state index is -2.86. The van der Waals surface area contributed by atoms with E-state index in [0.29, 0.717) is 18.7 Å². The van der Waals surface area contributed by atoms with Crippen molar-refractivity contribution in [1.82, 2.24) is 15.1 Å². The van der Waals surface area contributed by atoms with Gasteiger partial charge in [-0.1, -0.05) is 18.2 Å². The molecule has 142 valence electrons. The number of nitrogens with one attached hydrogen (secondary N) is 1. The molecule has 0 aliphatic carbocycles. The monoisotopic (exact) mass is 375 g/mol. The van der Waals surface area contributed by atoms with E-state index in [2.05, 4.69) is 15.2 Å². The number of para-hydroxylation sites is 1. The summed E-state index contributed by atoms with van der Waals surface area (Å²) in [6.07, 6.45) is 0. The molecule has 0 unspecified atom stereocenters. The van der Waals surface area contributed by atoms with Crippen molar-refractivity contribution >= 4 is 0 Å². The summed E-state index contributed by atoms with van der Waals surface area (Å²) in [6, 6.07) is 12.8. The van der Waals surface area contributed by atoms with Gasteiger partial charge in [-0.05, 0) is 44.2 Å². The molecule has 2 aromatic carbocycles. The van der Waals surface area contributed by atoms with E-state index < -0.39 is 6.61 Å². The summed E-state index contributed by atoms with van der Waals surface area (Å²) in [4.78, 5) is 0. The number of rotatable bonds is 7. The molecular weight excluding hydrogens is 355 g/mol. The topological polar surface area (TPSA) is 39.1 Å². The maximum absolute atomic E-state index is 13.1. The van der Waals surface area contributed by atoms with Gasteiger partial charge in [-0.3, -0.25) is 0 Å². The average molecular weight is 375 g/mol. The summed E-state index contributed by atoms with van der Waals surface area (Å²) in [5.74, 6) is -0.137. The molecule has 0 saturated heterocycles. The molecule has 0 aliphatic rings. The molecule has 0 saturated carbocycles. The van der Waals surface area contributed by atoms with Gasteiger partial charge in [-0.15, -0.1) is 0 Å². The van der Waals surface area contributed by atoms with Crippen molar-refractivity contribution in [2.75, 3.05) is 0 Å². The van der Waals surface area contributed by atoms with Crippen molar-refractivity contribution in [3.8, 4) is 11.4 Å². The Hall–Kier alpha value is -2.80. The molecule has 0 amide bonds. The SMILES string of the molecule is Cc1nn(-c2ccc(F)cc2)c(C)c1CNCc1ccccc1OC(F)F. The third kappa shape index (κ3) is 4.49. The fourth-order valence-corrected chi connectivity index (χ4v) is 2.95. The van der Waals surface area contributed by atoms with Crippen molar-refractivity contribution in [2.24, 2.45) is 0 Å². The van der Waals surface area contributed by atoms with Gasteiger partial charge in [0.25, 0.3) is 0 Å². The first kappa shape index (κ1) is 19.0. The van der Waals surface area contributed by atoms with Crippen LogP contribution in [0.25, 0.3) is 5.69 Å². The van der Waals surface area contributed by atoms with Crippen molar-refractivity contribution < 1.29 is 17.9 Å². The molecular formula is C20H20F3N3O. The first-order valence-corrected chi connectivity index (χ1v) is 8.50. The van der Waals surface area contributed by atoms with Crippen LogP contribution < -0.4 is 10.1 Å². The molecule has 1 heterocycles. The standard InChI is InChI=1S/C20H20F3N3O/c1-13-18(14(2)26(25-13)17-9-7-16(21)8-10-17)12-24-11-15-5-3-4-6-19(15)27-20(22)23/h3-10,20,24H,11-12H2,1-2H3. The Morgan fingerprint density at radius 3 is 2.44 bits per heavy atom. The van der Waals surface area contributed by atoms with Gasteiger partial charge in [-0.2, -0.15) is 13.9 Å². The fourth-order valence-electron chi connectivity index (χ4n) is 2.95. The average Bonchev–Trinajstić information content (AvgIpc) is 2.91. The lowest BCUT2D eigenvalue weighted by Gasteiger charge is -2.11. The normalized spacial score (nSPS) is 11.2. The molecule has 27 heavy (non-hydrogen) atoms. The first-order valence-electron chi connectivity index (χ1n) is 8.50. The van der Waals surface area contributed by atoms with Gasteiger partial charge in [-0.25, -0.2) is 9.07 Å². The predicted octanol–water partition coefficient (Wildman–Crippen LogP) is 4.52. The van der Waals surface area contributed by atoms with Crippen LogP contribution in [0.15, 0.2) is 48.5 Å². The number of nitrogens with zero attached hydrogens (tertiary/aromatic N) is 2. The van der Waals surface area contributed by atoms with Crippen LogP contribution >= 0.6 is 0 Å². The van der Waals surface area contributed by atoms with Crippen LogP contribution in [-0.4, -0.2) is 16.4 Å². The number of aryl methyl sites for hydroxylation is 1. The van der Waals surface area contributed by atoms with Gasteiger partial charge >= 0.3 is 6.61 Å². The number of ether oxygens (including phenoxy) is 1. The predicted molar refractivity (Wildman–Crippen MR) is 96.6 cm³/mol. The molecule has 1 aromatic heterocycles. The third-order valence-corrected chi connectivity index (χ3v) is 4.32. The van der Waals surface area contributed by atoms with Gasteiger partial charge in [0.2, 0.25) is 0 Å². The maximum atomic E-state index is 13.1. The smallest absolute Gasteiger partial charge is 0.387 e. The van der Waals surface area contributed by atoms with Crippen molar-refractivity contribution in [3.05, 3.63) is 76.9 Å². The van der Waals surface area contributed by atoms with Gasteiger partial charge < -0.3 is 10.1 Å². The lowest BCUT2D eigenvalue weighted by molar-refractivity contribution is -0.0505. The number of alkyl halides is 2. The van der Waals surface area contributed by atoms with Crippen molar-refractivity contribution in [1.29, 1.82) is 0 Å². The van der Waals surface area contributed by atoms with E-state index in [-0.39, 0.29) is 11.6 Å². The molecule has 1 N–H and O–H groups in total. The minimum absolute atomic E-state index is 0.162. The van der Waals surface area contributed by atoms with E-state index in [1.165, 1.54) is 18.2 Å². The lowest BCUT2D eigenvalue weighted by Crippen LogP contribution is -2.15. The van der Waals surface area contributed by atoms with E-state index in [1.807, 2.05) is 13.8 Å². The zero-order valence-electron chi connectivity index (χ0n) is 15.0. The summed E-state index contributed by atoms with van der Waals surface area (Å²) in [5, 5.41) is 7.77. The second-order valence-corrected chi connectivity index (χ2v) is 6.13. The van der Waals surface area contributed by atoms with E-state index in [9.17, 15) is 13.2 Å². The van der Waals surface area contributed by atoms with Gasteiger partial charge in [0, 0.05) is 29.9 Å². The Morgan fingerprint density at radius 2 is 1.74 bits per heavy atom. The molecule has 0 fully saturated rings. The second kappa shape index (κ2) is 8.26. The molecule has 0 atom stereocenters. The molecule has 3 rings (SSSR count). The highest BCUT2D eigenvalue weighted by molar-refractivity contribution is 5.37. The summed E-state index contributed by atoms with van der Waals surface area (Å²) in [7, 11) is 0. The highest BCUT2D eigenvalue weighted by Gasteiger charge is 2.13. The first-order chi connectivity index (χ1) is 13.0. The van der Waals surface area contributed by atoms with E-state index in [4.69, 9.17) is 0 Å². The Bertz CT molecular complexity index is 907. The van der Waals surface area contributed by atoms with Crippen LogP contribution in [0.2, 0.25) is 0 Å². The zero-order valence-corrected chi connectivity index (χ0v) is 15.0. The Morgan fingerprint density at radius 1 is 1.04 bits per heavy atom. The number of aromatic nitrogens is 2. The van der Waals surface area contributed by atoms with E-state index in [0.717, 1.165) is 22.6 Å². The van der Waals surface area contributed by atoms with Crippen LogP contribution in [-0.2, 0) is 13.1 Å². The lowest BCUT2D eigenvalue weighted by atomic mass is 10.1. The summed E-state index contributed by atoms with van der Waals surface area (Å²) in [5.41, 5.74) is 4.22. The molecule has 0 bridgehead atoms. The number of hydrogen-bond donors (Lipinski definition) is 1. The van der Waals surface area contributed by atoms with Crippen molar-refractivity contribution in [3.63, 3.8) is 0 Å². The molecule has 0 aliphatic heterocycles. The third-order valence-electron chi connectivity index (χ3n) is 4.32. The largest absolute Gasteiger partial charge is 0.434 e. The van der Waals surface area contributed by atoms with Crippen LogP contribution in [0.4, 0.5) is 13.2 Å². The van der Waals surface area contributed by atoms with Gasteiger partial charge in [0.1, 0.15) is 11.6 Å². The highest BCUT2D eigenvalue weighted by Crippen LogP contribution is 2.21. The van der Waals surface area contributed by atoms with Crippen LogP contribution in [0.5, 0.6) is 5.75 Å². The summed E-state index contributed by atoms with van der Waals surface area (Å²) in [6.45, 7) is 1.88. The van der Waals surface area contributed by atoms with E-state index in [1.54, 1.807) is 35.0 Å². The van der Waals surface area contributed by atoms with E-state index >= 15 is 0 Å². The molecule has 4 nitrogen and oxygen atoms in total. The maximum Gasteiger partial charge on any atom is 0.387 e. The van der Waals surface area contributed by atoms with Crippen LogP contribution in [0, 0.1) is 19.7 Å². The summed E-state index contributed by atoms with van der Waals surface area (Å²) >= 11 is 0. The molecule has 0 radical (unpaired) electrons. The fraction of sp³-hybridized carbons (Fsp3) is 0.250. The zero-order chi connectivity index (χ0) is 19.4. The Labute approximate surface area is 155 Å². The Balaban J connectivity index is 1.71. The minimum Gasteiger partial charge on any atom is -0.434 e. The highest BCUT2D eigenvalue weighted by atomic mass is 19.3. The van der Waals surface area contributed by atoms with Crippen molar-refractivity contribution in [2.45, 2.75) is 33.5 Å². The number of hydrogen-bond acceptors (Lipinski definition) is 3. The van der Waals surface area contributed by atoms with Crippen LogP contribution in [0.1, 0.15) is 22.5 Å². The summed E-state index contributed by atoms with van der Waals surface area (Å²) < 4.78 is 44.5. The molecule has 3 aromatic rings. The Kier molecular flexibility index (Phi) is 5.81. The second-order valence-electron chi connectivity index (χ2n) is 6.13. The molecule has 0 spiro atoms. The quantitative estimate of drug-likeness (QED) is 0.660. The number of benzene rings is 2. The number of halogens is 3. The van der Waals surface area contributed by atoms with Gasteiger partial charge in [0.15, 0.2) is 0 Å². The van der Waals surface area contributed by atoms with Gasteiger partial charge in [0.05, 0.1) is 11.4 Å².